The summed E-state index contributed by atoms with van der Waals surface area (Å²) in [7, 11) is 1.69. The Morgan fingerprint density at radius 1 is 1.22 bits per heavy atom. The molecular formula is C20H26N4O3. The van der Waals surface area contributed by atoms with Gasteiger partial charge in [0.2, 0.25) is 0 Å². The van der Waals surface area contributed by atoms with Crippen LogP contribution < -0.4 is 15.0 Å². The molecule has 1 aliphatic rings. The van der Waals surface area contributed by atoms with Gasteiger partial charge in [0.15, 0.2) is 0 Å². The monoisotopic (exact) mass is 370 g/mol. The van der Waals surface area contributed by atoms with Crippen LogP contribution in [0.4, 0.5) is 5.69 Å². The second-order valence-corrected chi connectivity index (χ2v) is 6.57. The van der Waals surface area contributed by atoms with Gasteiger partial charge in [0.05, 0.1) is 24.5 Å². The number of amides is 1. The largest absolute Gasteiger partial charge is 0.495 e. The van der Waals surface area contributed by atoms with Crippen LogP contribution in [0.2, 0.25) is 0 Å². The predicted molar refractivity (Wildman–Crippen MR) is 104 cm³/mol. The summed E-state index contributed by atoms with van der Waals surface area (Å²) in [6.07, 6.45) is 2.53. The van der Waals surface area contributed by atoms with Crippen molar-refractivity contribution in [3.63, 3.8) is 0 Å². The molecule has 1 aromatic carbocycles. The summed E-state index contributed by atoms with van der Waals surface area (Å²) in [4.78, 5) is 20.4. The normalized spacial score (nSPS) is 16.0. The molecule has 0 aliphatic carbocycles. The number of nitrogens with zero attached hydrogens (tertiary/aromatic N) is 3. The third-order valence-electron chi connectivity index (χ3n) is 4.69. The molecule has 0 spiro atoms. The molecule has 7 heteroatoms. The molecule has 2 aromatic rings. The van der Waals surface area contributed by atoms with Crippen LogP contribution >= 0.6 is 0 Å². The second-order valence-electron chi connectivity index (χ2n) is 6.57. The summed E-state index contributed by atoms with van der Waals surface area (Å²) in [5, 5.41) is 13.0. The zero-order chi connectivity index (χ0) is 19.1. The van der Waals surface area contributed by atoms with Crippen molar-refractivity contribution in [2.45, 2.75) is 6.10 Å². The number of ether oxygens (including phenoxy) is 1. The van der Waals surface area contributed by atoms with Crippen molar-refractivity contribution in [1.29, 1.82) is 0 Å². The van der Waals surface area contributed by atoms with Crippen LogP contribution in [-0.4, -0.2) is 73.4 Å². The first kappa shape index (κ1) is 19.1. The zero-order valence-corrected chi connectivity index (χ0v) is 15.5. The standard InChI is InChI=1S/C20H26N4O3/c1-27-19-7-3-2-6-18(19)24-11-9-23(10-12-24)15-17(25)14-22-20(26)16-5-4-8-21-13-16/h2-8,13,17,25H,9-12,14-15H2,1H3,(H,22,26). The first-order valence-electron chi connectivity index (χ1n) is 9.14. The van der Waals surface area contributed by atoms with Crippen LogP contribution in [0.5, 0.6) is 5.75 Å². The van der Waals surface area contributed by atoms with E-state index < -0.39 is 6.10 Å². The maximum Gasteiger partial charge on any atom is 0.252 e. The number of piperazine rings is 1. The minimum Gasteiger partial charge on any atom is -0.495 e. The number of aliphatic hydroxyl groups is 1. The van der Waals surface area contributed by atoms with Crippen LogP contribution in [0.25, 0.3) is 0 Å². The molecule has 1 amide bonds. The van der Waals surface area contributed by atoms with Gasteiger partial charge in [0, 0.05) is 51.7 Å². The fraction of sp³-hybridized carbons (Fsp3) is 0.400. The van der Waals surface area contributed by atoms with Gasteiger partial charge in [0.1, 0.15) is 5.75 Å². The Bertz CT molecular complexity index is 733. The number of hydrogen-bond acceptors (Lipinski definition) is 6. The number of para-hydroxylation sites is 2. The average molecular weight is 370 g/mol. The second kappa shape index (κ2) is 9.34. The number of aromatic nitrogens is 1. The lowest BCUT2D eigenvalue weighted by Crippen LogP contribution is -2.50. The van der Waals surface area contributed by atoms with Crippen molar-refractivity contribution < 1.29 is 14.6 Å². The van der Waals surface area contributed by atoms with Crippen LogP contribution in [-0.2, 0) is 0 Å². The Morgan fingerprint density at radius 3 is 2.70 bits per heavy atom. The van der Waals surface area contributed by atoms with E-state index in [4.69, 9.17) is 4.74 Å². The van der Waals surface area contributed by atoms with E-state index in [0.717, 1.165) is 37.6 Å². The smallest absolute Gasteiger partial charge is 0.252 e. The van der Waals surface area contributed by atoms with E-state index in [0.29, 0.717) is 12.1 Å². The summed E-state index contributed by atoms with van der Waals surface area (Å²) in [6.45, 7) is 4.20. The third kappa shape index (κ3) is 5.18. The van der Waals surface area contributed by atoms with Crippen LogP contribution in [0, 0.1) is 0 Å². The number of benzene rings is 1. The lowest BCUT2D eigenvalue weighted by molar-refractivity contribution is 0.0851. The van der Waals surface area contributed by atoms with Gasteiger partial charge in [-0.25, -0.2) is 0 Å². The predicted octanol–water partition coefficient (Wildman–Crippen LogP) is 1.00. The minimum absolute atomic E-state index is 0.219. The van der Waals surface area contributed by atoms with E-state index in [9.17, 15) is 9.90 Å². The Kier molecular flexibility index (Phi) is 6.62. The van der Waals surface area contributed by atoms with Gasteiger partial charge in [-0.2, -0.15) is 0 Å². The zero-order valence-electron chi connectivity index (χ0n) is 15.5. The van der Waals surface area contributed by atoms with Crippen LogP contribution in [0.3, 0.4) is 0 Å². The number of nitrogens with one attached hydrogen (secondary N) is 1. The molecule has 0 bridgehead atoms. The summed E-state index contributed by atoms with van der Waals surface area (Å²) >= 11 is 0. The van der Waals surface area contributed by atoms with Gasteiger partial charge in [-0.15, -0.1) is 0 Å². The maximum atomic E-state index is 12.0. The number of anilines is 1. The van der Waals surface area contributed by atoms with E-state index in [1.54, 1.807) is 25.4 Å². The number of pyridine rings is 1. The van der Waals surface area contributed by atoms with Crippen molar-refractivity contribution in [2.24, 2.45) is 0 Å². The first-order chi connectivity index (χ1) is 13.2. The maximum absolute atomic E-state index is 12.0. The quantitative estimate of drug-likeness (QED) is 0.757. The lowest BCUT2D eigenvalue weighted by atomic mass is 10.2. The SMILES string of the molecule is COc1ccccc1N1CCN(CC(O)CNC(=O)c2cccnc2)CC1. The Balaban J connectivity index is 1.43. The Labute approximate surface area is 159 Å². The van der Waals surface area contributed by atoms with Gasteiger partial charge < -0.3 is 20.1 Å². The average Bonchev–Trinajstić information content (AvgIpc) is 2.73. The highest BCUT2D eigenvalue weighted by Crippen LogP contribution is 2.28. The van der Waals surface area contributed by atoms with Gasteiger partial charge in [-0.3, -0.25) is 14.7 Å². The molecule has 2 heterocycles. The van der Waals surface area contributed by atoms with Gasteiger partial charge in [-0.05, 0) is 24.3 Å². The molecule has 3 rings (SSSR count). The van der Waals surface area contributed by atoms with E-state index in [1.807, 2.05) is 18.2 Å². The number of carbonyl (C=O) groups excluding carboxylic acids is 1. The molecule has 1 aliphatic heterocycles. The molecule has 27 heavy (non-hydrogen) atoms. The van der Waals surface area contributed by atoms with Crippen molar-refractivity contribution in [2.75, 3.05) is 51.3 Å². The van der Waals surface area contributed by atoms with Crippen LogP contribution in [0.1, 0.15) is 10.4 Å². The number of carbonyl (C=O) groups is 1. The number of hydrogen-bond donors (Lipinski definition) is 2. The number of aliphatic hydroxyl groups excluding tert-OH is 1. The molecule has 1 atom stereocenters. The lowest BCUT2D eigenvalue weighted by Gasteiger charge is -2.37. The highest BCUT2D eigenvalue weighted by molar-refractivity contribution is 5.93. The van der Waals surface area contributed by atoms with E-state index in [1.165, 1.54) is 6.20 Å². The van der Waals surface area contributed by atoms with Crippen molar-refractivity contribution >= 4 is 11.6 Å². The summed E-state index contributed by atoms with van der Waals surface area (Å²) in [5.41, 5.74) is 1.60. The van der Waals surface area contributed by atoms with Gasteiger partial charge in [0.25, 0.3) is 5.91 Å². The fourth-order valence-electron chi connectivity index (χ4n) is 3.23. The first-order valence-corrected chi connectivity index (χ1v) is 9.14. The molecule has 7 nitrogen and oxygen atoms in total. The Hall–Kier alpha value is -2.64. The molecule has 1 aromatic heterocycles. The highest BCUT2D eigenvalue weighted by Gasteiger charge is 2.21. The summed E-state index contributed by atoms with van der Waals surface area (Å²) in [5.74, 6) is 0.659. The molecule has 1 unspecified atom stereocenters. The third-order valence-corrected chi connectivity index (χ3v) is 4.69. The van der Waals surface area contributed by atoms with Crippen molar-refractivity contribution in [1.82, 2.24) is 15.2 Å². The van der Waals surface area contributed by atoms with Crippen molar-refractivity contribution in [3.8, 4) is 5.75 Å². The Morgan fingerprint density at radius 2 is 2.00 bits per heavy atom. The van der Waals surface area contributed by atoms with Crippen molar-refractivity contribution in [3.05, 3.63) is 54.4 Å². The summed E-state index contributed by atoms with van der Waals surface area (Å²) < 4.78 is 5.44. The fourth-order valence-corrected chi connectivity index (χ4v) is 3.23. The highest BCUT2D eigenvalue weighted by atomic mass is 16.5. The molecule has 1 fully saturated rings. The molecular weight excluding hydrogens is 344 g/mol. The number of methoxy groups -OCH3 is 1. The van der Waals surface area contributed by atoms with E-state index >= 15 is 0 Å². The van der Waals surface area contributed by atoms with Gasteiger partial charge in [-0.1, -0.05) is 12.1 Å². The molecule has 1 saturated heterocycles. The molecule has 2 N–H and O–H groups in total. The summed E-state index contributed by atoms with van der Waals surface area (Å²) in [6, 6.07) is 11.4. The topological polar surface area (TPSA) is 77.9 Å². The molecule has 0 saturated carbocycles. The molecule has 144 valence electrons. The number of β-amino-alcohol motifs (C(OH)–C–C–N with tert-alkyl or cyclic N) is 1. The van der Waals surface area contributed by atoms with Gasteiger partial charge >= 0.3 is 0 Å². The number of rotatable bonds is 7. The van der Waals surface area contributed by atoms with Crippen LogP contribution in [0.15, 0.2) is 48.8 Å². The molecule has 0 radical (unpaired) electrons. The van der Waals surface area contributed by atoms with E-state index in [2.05, 4.69) is 26.2 Å². The minimum atomic E-state index is -0.608. The van der Waals surface area contributed by atoms with E-state index in [-0.39, 0.29) is 12.5 Å².